The van der Waals surface area contributed by atoms with Gasteiger partial charge in [0.1, 0.15) is 12.1 Å². The van der Waals surface area contributed by atoms with Crippen LogP contribution in [0.4, 0.5) is 14.5 Å². The summed E-state index contributed by atoms with van der Waals surface area (Å²) in [6, 6.07) is 2.92. The number of rotatable bonds is 6. The summed E-state index contributed by atoms with van der Waals surface area (Å²) in [5.41, 5.74) is -0.899. The van der Waals surface area contributed by atoms with Crippen molar-refractivity contribution in [3.8, 4) is 17.0 Å². The fourth-order valence-corrected chi connectivity index (χ4v) is 4.58. The molecule has 34 heavy (non-hydrogen) atoms. The highest BCUT2D eigenvalue weighted by Crippen LogP contribution is 2.33. The quantitative estimate of drug-likeness (QED) is 0.410. The van der Waals surface area contributed by atoms with Crippen LogP contribution in [0.1, 0.15) is 10.5 Å². The lowest BCUT2D eigenvalue weighted by atomic mass is 10.1. The number of nitrogens with one attached hydrogen (secondary N) is 2. The molecule has 0 radical (unpaired) electrons. The maximum Gasteiger partial charge on any atom is 0.273 e. The van der Waals surface area contributed by atoms with Crippen LogP contribution in [0.5, 0.6) is 5.88 Å². The van der Waals surface area contributed by atoms with E-state index in [2.05, 4.69) is 25.0 Å². The number of amides is 1. The van der Waals surface area contributed by atoms with E-state index in [1.165, 1.54) is 37.3 Å². The number of pyridine rings is 1. The largest absolute Gasteiger partial charge is 0.480 e. The number of anilines is 1. The molecule has 0 aliphatic carbocycles. The van der Waals surface area contributed by atoms with Crippen molar-refractivity contribution in [3.05, 3.63) is 65.5 Å². The van der Waals surface area contributed by atoms with E-state index >= 15 is 4.39 Å². The molecule has 4 aromatic rings. The second-order valence-electron chi connectivity index (χ2n) is 6.80. The maximum atomic E-state index is 15.4. The lowest BCUT2D eigenvalue weighted by molar-refractivity contribution is 0.0960. The van der Waals surface area contributed by atoms with Crippen molar-refractivity contribution in [2.75, 3.05) is 18.9 Å². The van der Waals surface area contributed by atoms with Crippen LogP contribution in [0.3, 0.4) is 0 Å². The van der Waals surface area contributed by atoms with E-state index in [0.29, 0.717) is 0 Å². The van der Waals surface area contributed by atoms with Crippen molar-refractivity contribution < 1.29 is 26.7 Å². The molecule has 0 fully saturated rings. The molecule has 4 rings (SSSR count). The zero-order valence-electron chi connectivity index (χ0n) is 17.5. The molecule has 3 heterocycles. The second kappa shape index (κ2) is 8.83. The summed E-state index contributed by atoms with van der Waals surface area (Å²) in [7, 11) is -1.78. The number of hydrogen-bond donors (Lipinski definition) is 2. The van der Waals surface area contributed by atoms with Gasteiger partial charge in [0, 0.05) is 31.2 Å². The van der Waals surface area contributed by atoms with Crippen LogP contribution in [-0.2, 0) is 10.0 Å². The summed E-state index contributed by atoms with van der Waals surface area (Å²) < 4.78 is 64.1. The highest BCUT2D eigenvalue weighted by molar-refractivity contribution is 7.92. The molecular weight excluding hydrogens is 494 g/mol. The third-order valence-electron chi connectivity index (χ3n) is 4.71. The first-order valence-electron chi connectivity index (χ1n) is 9.41. The number of hydrogen-bond acceptors (Lipinski definition) is 7. The zero-order valence-corrected chi connectivity index (χ0v) is 19.1. The van der Waals surface area contributed by atoms with E-state index in [0.717, 1.165) is 24.4 Å². The maximum absolute atomic E-state index is 15.4. The van der Waals surface area contributed by atoms with E-state index in [-0.39, 0.29) is 27.8 Å². The molecule has 0 bridgehead atoms. The molecule has 1 amide bonds. The van der Waals surface area contributed by atoms with Crippen molar-refractivity contribution >= 4 is 38.9 Å². The van der Waals surface area contributed by atoms with Gasteiger partial charge < -0.3 is 10.1 Å². The number of benzene rings is 1. The molecule has 3 aromatic heterocycles. The topological polar surface area (TPSA) is 128 Å². The van der Waals surface area contributed by atoms with Crippen LogP contribution in [-0.4, -0.2) is 47.8 Å². The lowest BCUT2D eigenvalue weighted by Gasteiger charge is -2.14. The first-order valence-corrected chi connectivity index (χ1v) is 11.3. The molecule has 14 heteroatoms. The highest BCUT2D eigenvalue weighted by atomic mass is 35.5. The van der Waals surface area contributed by atoms with Crippen molar-refractivity contribution in [1.29, 1.82) is 0 Å². The standard InChI is InChI=1S/C20H15ClF2N6O4S/c1-24-19(30)17-18-25-6-10(8-29(18)9-27-17)15-12(22)3-4-13(16(15)23)28-34(31,32)14-5-11(21)7-26-20(14)33-2/h3-9,28H,1-2H3,(H,24,30). The molecule has 0 saturated carbocycles. The third kappa shape index (κ3) is 4.10. The van der Waals surface area contributed by atoms with Crippen LogP contribution in [0, 0.1) is 11.6 Å². The molecule has 10 nitrogen and oxygen atoms in total. The minimum absolute atomic E-state index is 0.0114. The molecule has 0 unspecified atom stereocenters. The number of carbonyl (C=O) groups is 1. The predicted molar refractivity (Wildman–Crippen MR) is 118 cm³/mol. The van der Waals surface area contributed by atoms with Gasteiger partial charge in [-0.15, -0.1) is 0 Å². The Bertz CT molecular complexity index is 1540. The average molecular weight is 509 g/mol. The van der Waals surface area contributed by atoms with Crippen molar-refractivity contribution in [1.82, 2.24) is 24.7 Å². The van der Waals surface area contributed by atoms with Gasteiger partial charge in [0.05, 0.1) is 23.4 Å². The Morgan fingerprint density at radius 2 is 1.94 bits per heavy atom. The number of fused-ring (bicyclic) bond motifs is 1. The minimum atomic E-state index is -4.42. The first-order chi connectivity index (χ1) is 16.2. The molecule has 0 aliphatic rings. The molecule has 0 spiro atoms. The van der Waals surface area contributed by atoms with E-state index in [4.69, 9.17) is 16.3 Å². The van der Waals surface area contributed by atoms with Gasteiger partial charge >= 0.3 is 0 Å². The normalized spacial score (nSPS) is 11.4. The van der Waals surface area contributed by atoms with Crippen LogP contribution in [0.2, 0.25) is 5.02 Å². The summed E-state index contributed by atoms with van der Waals surface area (Å²) in [4.78, 5) is 23.3. The van der Waals surface area contributed by atoms with Crippen LogP contribution in [0.25, 0.3) is 16.8 Å². The van der Waals surface area contributed by atoms with Gasteiger partial charge in [-0.05, 0) is 18.2 Å². The van der Waals surface area contributed by atoms with Gasteiger partial charge in [-0.2, -0.15) is 0 Å². The van der Waals surface area contributed by atoms with Crippen molar-refractivity contribution in [3.63, 3.8) is 0 Å². The SMILES string of the molecule is CNC(=O)c1ncn2cc(-c3c(F)ccc(NS(=O)(=O)c4cc(Cl)cnc4OC)c3F)cnc12. The molecule has 2 N–H and O–H groups in total. The molecule has 0 saturated heterocycles. The fourth-order valence-electron chi connectivity index (χ4n) is 3.15. The molecular formula is C20H15ClF2N6O4S. The Hall–Kier alpha value is -3.84. The number of aromatic nitrogens is 4. The third-order valence-corrected chi connectivity index (χ3v) is 6.27. The Labute approximate surface area is 196 Å². The predicted octanol–water partition coefficient (Wildman–Crippen LogP) is 2.89. The molecule has 1 aromatic carbocycles. The zero-order chi connectivity index (χ0) is 24.6. The molecule has 0 aliphatic heterocycles. The van der Waals surface area contributed by atoms with Gasteiger partial charge in [-0.1, -0.05) is 11.6 Å². The van der Waals surface area contributed by atoms with Gasteiger partial charge in [-0.3, -0.25) is 13.9 Å². The lowest BCUT2D eigenvalue weighted by Crippen LogP contribution is -2.18. The van der Waals surface area contributed by atoms with Crippen molar-refractivity contribution in [2.45, 2.75) is 4.90 Å². The van der Waals surface area contributed by atoms with Gasteiger partial charge in [0.15, 0.2) is 22.1 Å². The number of imidazole rings is 1. The Morgan fingerprint density at radius 1 is 1.18 bits per heavy atom. The van der Waals surface area contributed by atoms with Gasteiger partial charge in [0.2, 0.25) is 5.88 Å². The fraction of sp³-hybridized carbons (Fsp3) is 0.100. The number of methoxy groups -OCH3 is 1. The van der Waals surface area contributed by atoms with Gasteiger partial charge in [-0.25, -0.2) is 32.2 Å². The monoisotopic (exact) mass is 508 g/mol. The van der Waals surface area contributed by atoms with Gasteiger partial charge in [0.25, 0.3) is 15.9 Å². The Morgan fingerprint density at radius 3 is 2.65 bits per heavy atom. The van der Waals surface area contributed by atoms with E-state index in [9.17, 15) is 17.6 Å². The molecule has 176 valence electrons. The summed E-state index contributed by atoms with van der Waals surface area (Å²) >= 11 is 5.85. The Balaban J connectivity index is 1.78. The first kappa shape index (κ1) is 23.3. The van der Waals surface area contributed by atoms with E-state index in [1.807, 2.05) is 0 Å². The smallest absolute Gasteiger partial charge is 0.273 e. The van der Waals surface area contributed by atoms with E-state index in [1.54, 1.807) is 0 Å². The van der Waals surface area contributed by atoms with Crippen LogP contribution < -0.4 is 14.8 Å². The minimum Gasteiger partial charge on any atom is -0.480 e. The second-order valence-corrected chi connectivity index (χ2v) is 8.88. The summed E-state index contributed by atoms with van der Waals surface area (Å²) in [6.45, 7) is 0. The number of ether oxygens (including phenoxy) is 1. The summed E-state index contributed by atoms with van der Waals surface area (Å²) in [5, 5.41) is 2.43. The number of halogens is 3. The number of sulfonamides is 1. The Kier molecular flexibility index (Phi) is 6.06. The van der Waals surface area contributed by atoms with Crippen LogP contribution in [0.15, 0.2) is 48.0 Å². The molecule has 0 atom stereocenters. The van der Waals surface area contributed by atoms with E-state index < -0.39 is 43.7 Å². The average Bonchev–Trinajstić information content (AvgIpc) is 3.24. The summed E-state index contributed by atoms with van der Waals surface area (Å²) in [5.74, 6) is -2.90. The highest BCUT2D eigenvalue weighted by Gasteiger charge is 2.25. The van der Waals surface area contributed by atoms with Crippen molar-refractivity contribution in [2.24, 2.45) is 0 Å². The van der Waals surface area contributed by atoms with Crippen LogP contribution >= 0.6 is 11.6 Å². The summed E-state index contributed by atoms with van der Waals surface area (Å²) in [6.07, 6.45) is 4.90. The number of carbonyl (C=O) groups excluding carboxylic acids is 1. The number of nitrogens with zero attached hydrogens (tertiary/aromatic N) is 4.